The quantitative estimate of drug-likeness (QED) is 0.718. The highest BCUT2D eigenvalue weighted by molar-refractivity contribution is 6.31. The van der Waals surface area contributed by atoms with Crippen molar-refractivity contribution >= 4 is 23.3 Å². The van der Waals surface area contributed by atoms with E-state index in [1.807, 2.05) is 38.4 Å². The number of aromatic nitrogens is 2. The summed E-state index contributed by atoms with van der Waals surface area (Å²) in [6.07, 6.45) is 0.893. The van der Waals surface area contributed by atoms with E-state index in [0.717, 1.165) is 18.5 Å². The van der Waals surface area contributed by atoms with Crippen molar-refractivity contribution in [1.29, 1.82) is 0 Å². The summed E-state index contributed by atoms with van der Waals surface area (Å²) in [6.45, 7) is 2.09. The molecule has 0 unspecified atom stereocenters. The number of hydrogen-bond donors (Lipinski definition) is 2. The Morgan fingerprint density at radius 2 is 1.96 bits per heavy atom. The van der Waals surface area contributed by atoms with Crippen molar-refractivity contribution in [2.24, 2.45) is 0 Å². The molecule has 1 aromatic heterocycles. The van der Waals surface area contributed by atoms with Crippen LogP contribution >= 0.6 is 11.6 Å². The van der Waals surface area contributed by atoms with Gasteiger partial charge in [-0.05, 0) is 50.8 Å². The number of rotatable bonds is 8. The molecule has 0 saturated heterocycles. The second-order valence-corrected chi connectivity index (χ2v) is 6.07. The number of carbonyl (C=O) groups excluding carboxylic acids is 1. The molecule has 0 aliphatic heterocycles. The zero-order chi connectivity index (χ0) is 17.4. The number of nitrogens with one attached hydrogen (secondary N) is 2. The minimum absolute atomic E-state index is 0.209. The van der Waals surface area contributed by atoms with Gasteiger partial charge in [-0.3, -0.25) is 4.79 Å². The Labute approximate surface area is 147 Å². The maximum atomic E-state index is 12.0. The van der Waals surface area contributed by atoms with Crippen molar-refractivity contribution in [3.8, 4) is 0 Å². The summed E-state index contributed by atoms with van der Waals surface area (Å²) in [5.41, 5.74) is 1.28. The smallest absolute Gasteiger partial charge is 0.271 e. The molecular weight excluding hydrogens is 326 g/mol. The van der Waals surface area contributed by atoms with Gasteiger partial charge in [-0.15, -0.1) is 10.2 Å². The van der Waals surface area contributed by atoms with E-state index >= 15 is 0 Å². The van der Waals surface area contributed by atoms with Gasteiger partial charge in [0.1, 0.15) is 5.82 Å². The van der Waals surface area contributed by atoms with Crippen molar-refractivity contribution in [3.05, 3.63) is 52.7 Å². The zero-order valence-electron chi connectivity index (χ0n) is 13.9. The zero-order valence-corrected chi connectivity index (χ0v) is 14.7. The highest BCUT2D eigenvalue weighted by Gasteiger charge is 2.08. The number of benzene rings is 1. The Morgan fingerprint density at radius 1 is 1.17 bits per heavy atom. The Kier molecular flexibility index (Phi) is 6.96. The summed E-state index contributed by atoms with van der Waals surface area (Å²) in [6, 6.07) is 11.0. The minimum atomic E-state index is -0.209. The maximum Gasteiger partial charge on any atom is 0.271 e. The fourth-order valence-electron chi connectivity index (χ4n) is 2.06. The second-order valence-electron chi connectivity index (χ2n) is 5.66. The van der Waals surface area contributed by atoms with Crippen LogP contribution in [0.4, 0.5) is 5.82 Å². The summed E-state index contributed by atoms with van der Waals surface area (Å²) in [7, 11) is 4.00. The maximum absolute atomic E-state index is 12.0. The van der Waals surface area contributed by atoms with Gasteiger partial charge in [0.05, 0.1) is 0 Å². The molecule has 0 radical (unpaired) electrons. The Balaban J connectivity index is 1.82. The summed E-state index contributed by atoms with van der Waals surface area (Å²) in [5.74, 6) is 0.387. The molecule has 7 heteroatoms. The van der Waals surface area contributed by atoms with Crippen LogP contribution in [0.1, 0.15) is 22.5 Å². The lowest BCUT2D eigenvalue weighted by atomic mass is 10.2. The SMILES string of the molecule is CN(C)CCCNC(=O)c1ccc(NCc2ccccc2Cl)nn1. The van der Waals surface area contributed by atoms with E-state index in [9.17, 15) is 4.79 Å². The van der Waals surface area contributed by atoms with Gasteiger partial charge in [0.25, 0.3) is 5.91 Å². The van der Waals surface area contributed by atoms with E-state index in [2.05, 4.69) is 25.7 Å². The molecule has 1 amide bonds. The predicted molar refractivity (Wildman–Crippen MR) is 96.3 cm³/mol. The summed E-state index contributed by atoms with van der Waals surface area (Å²) in [4.78, 5) is 14.0. The van der Waals surface area contributed by atoms with E-state index in [4.69, 9.17) is 11.6 Å². The van der Waals surface area contributed by atoms with Crippen LogP contribution in [0.15, 0.2) is 36.4 Å². The van der Waals surface area contributed by atoms with E-state index in [1.165, 1.54) is 0 Å². The molecule has 6 nitrogen and oxygen atoms in total. The van der Waals surface area contributed by atoms with Gasteiger partial charge < -0.3 is 15.5 Å². The average molecular weight is 348 g/mol. The number of halogens is 1. The van der Waals surface area contributed by atoms with Crippen LogP contribution in [0.2, 0.25) is 5.02 Å². The highest BCUT2D eigenvalue weighted by atomic mass is 35.5. The first-order chi connectivity index (χ1) is 11.6. The highest BCUT2D eigenvalue weighted by Crippen LogP contribution is 2.16. The lowest BCUT2D eigenvalue weighted by Crippen LogP contribution is -2.28. The number of carbonyl (C=O) groups is 1. The van der Waals surface area contributed by atoms with Crippen molar-refractivity contribution in [1.82, 2.24) is 20.4 Å². The van der Waals surface area contributed by atoms with Gasteiger partial charge in [0, 0.05) is 18.1 Å². The lowest BCUT2D eigenvalue weighted by Gasteiger charge is -2.10. The summed E-state index contributed by atoms with van der Waals surface area (Å²) < 4.78 is 0. The van der Waals surface area contributed by atoms with Crippen molar-refractivity contribution in [3.63, 3.8) is 0 Å². The molecule has 0 bridgehead atoms. The van der Waals surface area contributed by atoms with Crippen LogP contribution < -0.4 is 10.6 Å². The topological polar surface area (TPSA) is 70.2 Å². The van der Waals surface area contributed by atoms with Crippen molar-refractivity contribution in [2.45, 2.75) is 13.0 Å². The third kappa shape index (κ3) is 5.79. The number of nitrogens with zero attached hydrogens (tertiary/aromatic N) is 3. The molecule has 0 spiro atoms. The van der Waals surface area contributed by atoms with Crippen LogP contribution in [0, 0.1) is 0 Å². The van der Waals surface area contributed by atoms with E-state index in [-0.39, 0.29) is 5.91 Å². The molecule has 0 aliphatic rings. The first-order valence-corrected chi connectivity index (χ1v) is 8.18. The number of amides is 1. The van der Waals surface area contributed by atoms with E-state index < -0.39 is 0 Å². The standard InChI is InChI=1S/C17H22ClN5O/c1-23(2)11-5-10-19-17(24)15-8-9-16(22-21-15)20-12-13-6-3-4-7-14(13)18/h3-4,6-9H,5,10-12H2,1-2H3,(H,19,24)(H,20,22). The van der Waals surface area contributed by atoms with Gasteiger partial charge in [-0.1, -0.05) is 29.8 Å². The van der Waals surface area contributed by atoms with Gasteiger partial charge in [-0.2, -0.15) is 0 Å². The predicted octanol–water partition coefficient (Wildman–Crippen LogP) is 2.42. The average Bonchev–Trinajstić information content (AvgIpc) is 2.58. The molecule has 2 aromatic rings. The van der Waals surface area contributed by atoms with Gasteiger partial charge in [0.2, 0.25) is 0 Å². The molecule has 0 aliphatic carbocycles. The monoisotopic (exact) mass is 347 g/mol. The normalized spacial score (nSPS) is 10.7. The van der Waals surface area contributed by atoms with Crippen LogP contribution in [0.25, 0.3) is 0 Å². The van der Waals surface area contributed by atoms with Gasteiger partial charge >= 0.3 is 0 Å². The van der Waals surface area contributed by atoms with Crippen molar-refractivity contribution < 1.29 is 4.79 Å². The number of anilines is 1. The first kappa shape index (κ1) is 18.2. The molecule has 2 rings (SSSR count). The third-order valence-electron chi connectivity index (χ3n) is 3.38. The molecule has 0 fully saturated rings. The molecule has 1 heterocycles. The molecule has 128 valence electrons. The molecule has 2 N–H and O–H groups in total. The molecule has 0 atom stereocenters. The first-order valence-electron chi connectivity index (χ1n) is 7.80. The fraction of sp³-hybridized carbons (Fsp3) is 0.353. The lowest BCUT2D eigenvalue weighted by molar-refractivity contribution is 0.0946. The van der Waals surface area contributed by atoms with Crippen LogP contribution in [0.3, 0.4) is 0 Å². The minimum Gasteiger partial charge on any atom is -0.364 e. The van der Waals surface area contributed by atoms with Crippen LogP contribution in [-0.2, 0) is 6.54 Å². The largest absolute Gasteiger partial charge is 0.364 e. The Morgan fingerprint density at radius 3 is 2.62 bits per heavy atom. The van der Waals surface area contributed by atoms with Crippen LogP contribution in [-0.4, -0.2) is 48.2 Å². The van der Waals surface area contributed by atoms with Crippen molar-refractivity contribution in [2.75, 3.05) is 32.5 Å². The molecule has 0 saturated carbocycles. The molecular formula is C17H22ClN5O. The van der Waals surface area contributed by atoms with Crippen LogP contribution in [0.5, 0.6) is 0 Å². The van der Waals surface area contributed by atoms with E-state index in [0.29, 0.717) is 29.6 Å². The second kappa shape index (κ2) is 9.20. The molecule has 1 aromatic carbocycles. The number of hydrogen-bond acceptors (Lipinski definition) is 5. The third-order valence-corrected chi connectivity index (χ3v) is 3.75. The Hall–Kier alpha value is -2.18. The summed E-state index contributed by atoms with van der Waals surface area (Å²) in [5, 5.41) is 14.7. The summed E-state index contributed by atoms with van der Waals surface area (Å²) >= 11 is 6.11. The Bertz CT molecular complexity index is 660. The van der Waals surface area contributed by atoms with Gasteiger partial charge in [-0.25, -0.2) is 0 Å². The van der Waals surface area contributed by atoms with Gasteiger partial charge in [0.15, 0.2) is 5.69 Å². The van der Waals surface area contributed by atoms with E-state index in [1.54, 1.807) is 12.1 Å². The molecule has 24 heavy (non-hydrogen) atoms. The fourth-order valence-corrected chi connectivity index (χ4v) is 2.27.